The van der Waals surface area contributed by atoms with Crippen LogP contribution in [0, 0.1) is 0 Å². The van der Waals surface area contributed by atoms with Gasteiger partial charge in [0.1, 0.15) is 0 Å². The summed E-state index contributed by atoms with van der Waals surface area (Å²) in [5.41, 5.74) is 0. The van der Waals surface area contributed by atoms with Gasteiger partial charge >= 0.3 is 0 Å². The highest BCUT2D eigenvalue weighted by atomic mass is 32.2. The summed E-state index contributed by atoms with van der Waals surface area (Å²) in [6, 6.07) is 0.790. The first-order valence-electron chi connectivity index (χ1n) is 7.31. The summed E-state index contributed by atoms with van der Waals surface area (Å²) >= 11 is 1.98. The minimum atomic E-state index is 0.790. The van der Waals surface area contributed by atoms with E-state index >= 15 is 0 Å². The molecule has 1 heterocycles. The number of thioether (sulfide) groups is 1. The van der Waals surface area contributed by atoms with Crippen molar-refractivity contribution in [3.05, 3.63) is 0 Å². The van der Waals surface area contributed by atoms with E-state index in [1.807, 2.05) is 11.8 Å². The Labute approximate surface area is 112 Å². The molecule has 17 heavy (non-hydrogen) atoms. The molecule has 2 nitrogen and oxygen atoms in total. The van der Waals surface area contributed by atoms with E-state index in [9.17, 15) is 0 Å². The van der Waals surface area contributed by atoms with Crippen LogP contribution in [0.3, 0.4) is 0 Å². The van der Waals surface area contributed by atoms with Crippen molar-refractivity contribution >= 4 is 11.8 Å². The van der Waals surface area contributed by atoms with Crippen LogP contribution >= 0.6 is 11.8 Å². The molecule has 0 atom stereocenters. The van der Waals surface area contributed by atoms with E-state index in [4.69, 9.17) is 0 Å². The molecule has 1 rings (SSSR count). The molecular formula is C14H30N2S. The van der Waals surface area contributed by atoms with E-state index in [0.29, 0.717) is 0 Å². The molecule has 3 heteroatoms. The van der Waals surface area contributed by atoms with Crippen molar-refractivity contribution in [2.45, 2.75) is 51.5 Å². The third-order valence-electron chi connectivity index (χ3n) is 3.65. The zero-order valence-electron chi connectivity index (χ0n) is 11.7. The Hall–Kier alpha value is 0.270. The van der Waals surface area contributed by atoms with Crippen LogP contribution in [0.2, 0.25) is 0 Å². The summed E-state index contributed by atoms with van der Waals surface area (Å²) < 4.78 is 0. The Morgan fingerprint density at radius 3 is 2.47 bits per heavy atom. The first-order chi connectivity index (χ1) is 8.36. The molecule has 0 aliphatic carbocycles. The Bertz CT molecular complexity index is 168. The van der Waals surface area contributed by atoms with Gasteiger partial charge < -0.3 is 10.2 Å². The summed E-state index contributed by atoms with van der Waals surface area (Å²) in [5.74, 6) is 1.34. The second-order valence-corrected chi connectivity index (χ2v) is 6.07. The smallest absolute Gasteiger partial charge is 0.00912 e. The number of nitrogens with zero attached hydrogens (tertiary/aromatic N) is 1. The predicted molar refractivity (Wildman–Crippen MR) is 80.0 cm³/mol. The maximum atomic E-state index is 3.57. The Morgan fingerprint density at radius 1 is 1.12 bits per heavy atom. The Balaban J connectivity index is 1.91. The molecule has 0 aromatic rings. The minimum absolute atomic E-state index is 0.790. The van der Waals surface area contributed by atoms with Crippen LogP contribution in [0.5, 0.6) is 0 Å². The van der Waals surface area contributed by atoms with E-state index in [-0.39, 0.29) is 0 Å². The predicted octanol–water partition coefficient (Wildman–Crippen LogP) is 2.98. The average molecular weight is 258 g/mol. The van der Waals surface area contributed by atoms with E-state index < -0.39 is 0 Å². The zero-order chi connectivity index (χ0) is 12.3. The van der Waals surface area contributed by atoms with Gasteiger partial charge in [-0.05, 0) is 63.9 Å². The first kappa shape index (κ1) is 15.3. The lowest BCUT2D eigenvalue weighted by Crippen LogP contribution is -2.42. The van der Waals surface area contributed by atoms with Crippen molar-refractivity contribution in [1.82, 2.24) is 10.2 Å². The summed E-state index contributed by atoms with van der Waals surface area (Å²) in [6.07, 6.45) is 10.6. The molecule has 1 fully saturated rings. The molecule has 0 spiro atoms. The average Bonchev–Trinajstić information content (AvgIpc) is 2.36. The van der Waals surface area contributed by atoms with E-state index in [1.54, 1.807) is 0 Å². The number of hydrogen-bond acceptors (Lipinski definition) is 3. The van der Waals surface area contributed by atoms with Crippen molar-refractivity contribution in [3.8, 4) is 0 Å². The maximum Gasteiger partial charge on any atom is 0.00912 e. The molecule has 0 unspecified atom stereocenters. The van der Waals surface area contributed by atoms with Gasteiger partial charge in [0.25, 0.3) is 0 Å². The lowest BCUT2D eigenvalue weighted by molar-refractivity contribution is 0.195. The number of likely N-dealkylation sites (tertiary alicyclic amines) is 1. The van der Waals surface area contributed by atoms with Crippen LogP contribution in [0.25, 0.3) is 0 Å². The lowest BCUT2D eigenvalue weighted by Gasteiger charge is -2.32. The van der Waals surface area contributed by atoms with E-state index in [0.717, 1.165) is 12.6 Å². The van der Waals surface area contributed by atoms with Gasteiger partial charge in [0.05, 0.1) is 0 Å². The fraction of sp³-hybridized carbons (Fsp3) is 1.00. The van der Waals surface area contributed by atoms with Crippen LogP contribution < -0.4 is 5.32 Å². The van der Waals surface area contributed by atoms with Crippen LogP contribution in [0.15, 0.2) is 0 Å². The van der Waals surface area contributed by atoms with Crippen LogP contribution in [-0.2, 0) is 0 Å². The third kappa shape index (κ3) is 7.32. The molecule has 0 radical (unpaired) electrons. The van der Waals surface area contributed by atoms with Crippen LogP contribution in [0.1, 0.15) is 45.4 Å². The van der Waals surface area contributed by atoms with Crippen molar-refractivity contribution < 1.29 is 0 Å². The first-order valence-corrected chi connectivity index (χ1v) is 8.71. The number of piperidine rings is 1. The Morgan fingerprint density at radius 2 is 1.82 bits per heavy atom. The summed E-state index contributed by atoms with van der Waals surface area (Å²) in [4.78, 5) is 2.66. The third-order valence-corrected chi connectivity index (χ3v) is 4.35. The van der Waals surface area contributed by atoms with Gasteiger partial charge in [-0.15, -0.1) is 0 Å². The van der Waals surface area contributed by atoms with Gasteiger partial charge in [-0.1, -0.05) is 19.8 Å². The van der Waals surface area contributed by atoms with Crippen LogP contribution in [-0.4, -0.2) is 49.1 Å². The molecule has 1 saturated heterocycles. The molecule has 0 aromatic carbocycles. The molecule has 1 N–H and O–H groups in total. The second-order valence-electron chi connectivity index (χ2n) is 5.08. The Kier molecular flexibility index (Phi) is 9.21. The fourth-order valence-electron chi connectivity index (χ4n) is 2.58. The number of nitrogens with one attached hydrogen (secondary N) is 1. The number of unbranched alkanes of at least 4 members (excludes halogenated alkanes) is 3. The molecule has 1 aliphatic heterocycles. The molecule has 0 saturated carbocycles. The SMILES string of the molecule is CCNC1CCN(CCCCCCSC)CC1. The molecule has 0 bridgehead atoms. The summed E-state index contributed by atoms with van der Waals surface area (Å²) in [7, 11) is 0. The van der Waals surface area contributed by atoms with Crippen molar-refractivity contribution in [3.63, 3.8) is 0 Å². The van der Waals surface area contributed by atoms with Gasteiger partial charge in [-0.25, -0.2) is 0 Å². The molecule has 0 amide bonds. The zero-order valence-corrected chi connectivity index (χ0v) is 12.5. The maximum absolute atomic E-state index is 3.57. The summed E-state index contributed by atoms with van der Waals surface area (Å²) in [5, 5.41) is 3.57. The van der Waals surface area contributed by atoms with E-state index in [1.165, 1.54) is 63.9 Å². The molecular weight excluding hydrogens is 228 g/mol. The second kappa shape index (κ2) is 10.2. The fourth-order valence-corrected chi connectivity index (χ4v) is 3.08. The molecule has 102 valence electrons. The van der Waals surface area contributed by atoms with Gasteiger partial charge in [-0.3, -0.25) is 0 Å². The van der Waals surface area contributed by atoms with E-state index in [2.05, 4.69) is 23.4 Å². The van der Waals surface area contributed by atoms with Gasteiger partial charge in [-0.2, -0.15) is 11.8 Å². The minimum Gasteiger partial charge on any atom is -0.314 e. The molecule has 0 aromatic heterocycles. The highest BCUT2D eigenvalue weighted by Crippen LogP contribution is 2.12. The van der Waals surface area contributed by atoms with Crippen LogP contribution in [0.4, 0.5) is 0 Å². The lowest BCUT2D eigenvalue weighted by atomic mass is 10.0. The quantitative estimate of drug-likeness (QED) is 0.640. The highest BCUT2D eigenvalue weighted by Gasteiger charge is 2.17. The summed E-state index contributed by atoms with van der Waals surface area (Å²) in [6.45, 7) is 7.28. The topological polar surface area (TPSA) is 15.3 Å². The molecule has 1 aliphatic rings. The van der Waals surface area contributed by atoms with Gasteiger partial charge in [0, 0.05) is 6.04 Å². The van der Waals surface area contributed by atoms with Crippen molar-refractivity contribution in [2.75, 3.05) is 38.2 Å². The number of hydrogen-bond donors (Lipinski definition) is 1. The standard InChI is InChI=1S/C14H30N2S/c1-3-15-14-8-11-16(12-9-14)10-6-4-5-7-13-17-2/h14-15H,3-13H2,1-2H3. The largest absolute Gasteiger partial charge is 0.314 e. The van der Waals surface area contributed by atoms with Gasteiger partial charge in [0.15, 0.2) is 0 Å². The van der Waals surface area contributed by atoms with Gasteiger partial charge in [0.2, 0.25) is 0 Å². The highest BCUT2D eigenvalue weighted by molar-refractivity contribution is 7.98. The monoisotopic (exact) mass is 258 g/mol. The normalized spacial score (nSPS) is 18.7. The van der Waals surface area contributed by atoms with Crippen molar-refractivity contribution in [2.24, 2.45) is 0 Å². The van der Waals surface area contributed by atoms with Crippen molar-refractivity contribution in [1.29, 1.82) is 0 Å². The number of rotatable bonds is 9.